The van der Waals surface area contributed by atoms with Gasteiger partial charge in [-0.15, -0.1) is 0 Å². The minimum atomic E-state index is -0.593. The first-order valence-corrected chi connectivity index (χ1v) is 8.87. The average Bonchev–Trinajstić information content (AvgIpc) is 2.60. The number of esters is 1. The van der Waals surface area contributed by atoms with Gasteiger partial charge in [0, 0.05) is 5.33 Å². The molecule has 0 spiro atoms. The van der Waals surface area contributed by atoms with Crippen LogP contribution < -0.4 is 4.74 Å². The Morgan fingerprint density at radius 2 is 1.74 bits per heavy atom. The molecule has 23 heavy (non-hydrogen) atoms. The highest BCUT2D eigenvalue weighted by Gasteiger charge is 2.21. The first-order valence-electron chi connectivity index (χ1n) is 7.75. The maximum Gasteiger partial charge on any atom is 0.347 e. The lowest BCUT2D eigenvalue weighted by Gasteiger charge is -2.18. The Kier molecular flexibility index (Phi) is 7.14. The first kappa shape index (κ1) is 17.5. The summed E-state index contributed by atoms with van der Waals surface area (Å²) in [7, 11) is 0. The highest BCUT2D eigenvalue weighted by Crippen LogP contribution is 2.18. The summed E-state index contributed by atoms with van der Waals surface area (Å²) in [4.78, 5) is 12.1. The molecule has 0 amide bonds. The van der Waals surface area contributed by atoms with Crippen LogP contribution in [0.5, 0.6) is 5.75 Å². The first-order chi connectivity index (χ1) is 11.2. The topological polar surface area (TPSA) is 35.5 Å². The van der Waals surface area contributed by atoms with Crippen LogP contribution in [0.25, 0.3) is 0 Å². The van der Waals surface area contributed by atoms with Crippen LogP contribution in [0.4, 0.5) is 0 Å². The molecule has 122 valence electrons. The maximum absolute atomic E-state index is 12.1. The number of halogens is 1. The molecule has 0 aromatic heterocycles. The minimum Gasteiger partial charge on any atom is -0.479 e. The van der Waals surface area contributed by atoms with Gasteiger partial charge >= 0.3 is 5.97 Å². The van der Waals surface area contributed by atoms with Crippen LogP contribution in [0, 0.1) is 0 Å². The fourth-order valence-electron chi connectivity index (χ4n) is 2.22. The minimum absolute atomic E-state index is 0.312. The molecule has 1 unspecified atom stereocenters. The second-order valence-electron chi connectivity index (χ2n) is 5.16. The van der Waals surface area contributed by atoms with E-state index in [0.717, 1.165) is 17.3 Å². The van der Waals surface area contributed by atoms with Gasteiger partial charge in [0.2, 0.25) is 0 Å². The molecule has 0 fully saturated rings. The number of ether oxygens (including phenoxy) is 2. The molecule has 0 saturated carbocycles. The molecule has 0 N–H and O–H groups in total. The number of hydrogen-bond acceptors (Lipinski definition) is 3. The second-order valence-corrected chi connectivity index (χ2v) is 5.72. The molecule has 2 aromatic rings. The molecular formula is C19H21BrO3. The molecule has 0 aliphatic rings. The summed E-state index contributed by atoms with van der Waals surface area (Å²) in [5.74, 6) is 0.369. The molecular weight excluding hydrogens is 356 g/mol. The van der Waals surface area contributed by atoms with Gasteiger partial charge in [0.05, 0.1) is 6.61 Å². The van der Waals surface area contributed by atoms with Crippen LogP contribution in [-0.4, -0.2) is 18.7 Å². The van der Waals surface area contributed by atoms with Crippen LogP contribution in [0.2, 0.25) is 0 Å². The lowest BCUT2D eigenvalue weighted by atomic mass is 10.1. The summed E-state index contributed by atoms with van der Waals surface area (Å²) < 4.78 is 11.0. The van der Waals surface area contributed by atoms with Crippen molar-refractivity contribution in [3.63, 3.8) is 0 Å². The van der Waals surface area contributed by atoms with Gasteiger partial charge in [-0.3, -0.25) is 0 Å². The van der Waals surface area contributed by atoms with Gasteiger partial charge in [-0.05, 0) is 43.0 Å². The summed E-state index contributed by atoms with van der Waals surface area (Å²) >= 11 is 3.41. The Labute approximate surface area is 145 Å². The molecule has 0 radical (unpaired) electrons. The van der Waals surface area contributed by atoms with Crippen molar-refractivity contribution in [2.24, 2.45) is 0 Å². The van der Waals surface area contributed by atoms with Crippen molar-refractivity contribution in [1.82, 2.24) is 0 Å². The Balaban J connectivity index is 2.02. The van der Waals surface area contributed by atoms with E-state index in [2.05, 4.69) is 15.9 Å². The second kappa shape index (κ2) is 9.36. The molecule has 0 heterocycles. The van der Waals surface area contributed by atoms with Gasteiger partial charge < -0.3 is 9.47 Å². The van der Waals surface area contributed by atoms with Gasteiger partial charge in [-0.1, -0.05) is 58.4 Å². The third kappa shape index (κ3) is 5.71. The predicted octanol–water partition coefficient (Wildman–Crippen LogP) is 4.52. The van der Waals surface area contributed by atoms with Crippen molar-refractivity contribution in [3.05, 3.63) is 65.7 Å². The van der Waals surface area contributed by atoms with Crippen LogP contribution in [0.3, 0.4) is 0 Å². The van der Waals surface area contributed by atoms with Gasteiger partial charge in [0.15, 0.2) is 6.10 Å². The quantitative estimate of drug-likeness (QED) is 0.501. The summed E-state index contributed by atoms with van der Waals surface area (Å²) in [6.45, 7) is 2.16. The molecule has 2 rings (SSSR count). The third-order valence-electron chi connectivity index (χ3n) is 3.44. The number of carbonyl (C=O) groups excluding carboxylic acids is 1. The molecule has 4 heteroatoms. The zero-order valence-electron chi connectivity index (χ0n) is 13.2. The number of aryl methyl sites for hydroxylation is 1. The molecule has 2 aromatic carbocycles. The van der Waals surface area contributed by atoms with E-state index in [1.54, 1.807) is 6.92 Å². The predicted molar refractivity (Wildman–Crippen MR) is 94.9 cm³/mol. The van der Waals surface area contributed by atoms with E-state index in [4.69, 9.17) is 9.47 Å². The largest absolute Gasteiger partial charge is 0.479 e. The Bertz CT molecular complexity index is 596. The average molecular weight is 377 g/mol. The number of benzene rings is 2. The number of rotatable bonds is 8. The zero-order chi connectivity index (χ0) is 16.5. The van der Waals surface area contributed by atoms with Crippen molar-refractivity contribution in [1.29, 1.82) is 0 Å². The van der Waals surface area contributed by atoms with Gasteiger partial charge in [-0.25, -0.2) is 4.79 Å². The highest BCUT2D eigenvalue weighted by atomic mass is 79.9. The van der Waals surface area contributed by atoms with Crippen LogP contribution in [-0.2, 0) is 21.3 Å². The fourth-order valence-corrected chi connectivity index (χ4v) is 2.60. The molecule has 0 saturated heterocycles. The van der Waals surface area contributed by atoms with Crippen molar-refractivity contribution < 1.29 is 14.3 Å². The fraction of sp³-hybridized carbons (Fsp3) is 0.316. The smallest absolute Gasteiger partial charge is 0.347 e. The van der Waals surface area contributed by atoms with E-state index in [9.17, 15) is 4.79 Å². The third-order valence-corrected chi connectivity index (χ3v) is 4.09. The summed E-state index contributed by atoms with van der Waals surface area (Å²) in [5.41, 5.74) is 2.34. The molecule has 0 aliphatic carbocycles. The van der Waals surface area contributed by atoms with Gasteiger partial charge in [0.25, 0.3) is 0 Å². The van der Waals surface area contributed by atoms with Crippen LogP contribution in [0.1, 0.15) is 24.5 Å². The van der Waals surface area contributed by atoms with Crippen molar-refractivity contribution in [3.8, 4) is 5.75 Å². The van der Waals surface area contributed by atoms with E-state index in [0.29, 0.717) is 18.8 Å². The summed E-state index contributed by atoms with van der Waals surface area (Å²) in [6.07, 6.45) is 0.761. The Morgan fingerprint density at radius 3 is 2.35 bits per heavy atom. The molecule has 1 atom stereocenters. The molecule has 0 aliphatic heterocycles. The Morgan fingerprint density at radius 1 is 1.04 bits per heavy atom. The van der Waals surface area contributed by atoms with Crippen LogP contribution in [0.15, 0.2) is 54.6 Å². The van der Waals surface area contributed by atoms with Crippen molar-refractivity contribution >= 4 is 21.9 Å². The number of alkyl halides is 1. The monoisotopic (exact) mass is 376 g/mol. The summed E-state index contributed by atoms with van der Waals surface area (Å²) in [5, 5.41) is 0.794. The summed E-state index contributed by atoms with van der Waals surface area (Å²) in [6, 6.07) is 17.8. The Hall–Kier alpha value is -1.81. The maximum atomic E-state index is 12.1. The number of hydrogen-bond donors (Lipinski definition) is 0. The SMILES string of the molecule is CCOC(=O)C(CCc1ccccc1)Oc1ccc(CBr)cc1. The van der Waals surface area contributed by atoms with E-state index < -0.39 is 6.10 Å². The highest BCUT2D eigenvalue weighted by molar-refractivity contribution is 9.08. The zero-order valence-corrected chi connectivity index (χ0v) is 14.8. The molecule has 3 nitrogen and oxygen atoms in total. The molecule has 0 bridgehead atoms. The normalized spacial score (nSPS) is 11.7. The standard InChI is InChI=1S/C19H21BrO3/c1-2-22-19(21)18(13-10-15-6-4-3-5-7-15)23-17-11-8-16(14-20)9-12-17/h3-9,11-12,18H,2,10,13-14H2,1H3. The van der Waals surface area contributed by atoms with Crippen molar-refractivity contribution in [2.75, 3.05) is 6.61 Å². The van der Waals surface area contributed by atoms with E-state index in [1.165, 1.54) is 5.56 Å². The lowest BCUT2D eigenvalue weighted by molar-refractivity contribution is -0.151. The van der Waals surface area contributed by atoms with E-state index in [-0.39, 0.29) is 5.97 Å². The van der Waals surface area contributed by atoms with Crippen LogP contribution >= 0.6 is 15.9 Å². The van der Waals surface area contributed by atoms with E-state index >= 15 is 0 Å². The lowest BCUT2D eigenvalue weighted by Crippen LogP contribution is -2.30. The van der Waals surface area contributed by atoms with Gasteiger partial charge in [-0.2, -0.15) is 0 Å². The van der Waals surface area contributed by atoms with Gasteiger partial charge in [0.1, 0.15) is 5.75 Å². The number of carbonyl (C=O) groups is 1. The van der Waals surface area contributed by atoms with Crippen molar-refractivity contribution in [2.45, 2.75) is 31.2 Å². The van der Waals surface area contributed by atoms with E-state index in [1.807, 2.05) is 54.6 Å².